The van der Waals surface area contributed by atoms with Gasteiger partial charge in [0, 0.05) is 49.1 Å². The molecule has 0 aliphatic heterocycles. The minimum Gasteiger partial charge on any atom is -0.493 e. The van der Waals surface area contributed by atoms with Gasteiger partial charge in [-0.1, -0.05) is 13.8 Å². The average Bonchev–Trinajstić information content (AvgIpc) is 3.55. The average molecular weight is 400 g/mol. The fourth-order valence-corrected chi connectivity index (χ4v) is 3.41. The quantitative estimate of drug-likeness (QED) is 0.590. The van der Waals surface area contributed by atoms with Crippen molar-refractivity contribution in [3.05, 3.63) is 30.0 Å². The molecule has 0 radical (unpaired) electrons. The van der Waals surface area contributed by atoms with Gasteiger partial charge in [0.05, 0.1) is 13.7 Å². The Morgan fingerprint density at radius 2 is 2.00 bits per heavy atom. The zero-order valence-corrected chi connectivity index (χ0v) is 18.2. The third kappa shape index (κ3) is 5.97. The highest BCUT2D eigenvalue weighted by Crippen LogP contribution is 2.32. The molecule has 7 nitrogen and oxygen atoms in total. The molecule has 2 aromatic rings. The summed E-state index contributed by atoms with van der Waals surface area (Å²) in [5.74, 6) is 3.20. The maximum absolute atomic E-state index is 6.14. The molecule has 1 saturated carbocycles. The molecule has 1 aromatic heterocycles. The summed E-state index contributed by atoms with van der Waals surface area (Å²) in [7, 11) is 3.50. The van der Waals surface area contributed by atoms with Crippen LogP contribution in [0.1, 0.15) is 32.4 Å². The molecular weight excluding hydrogens is 366 g/mol. The Bertz CT molecular complexity index is 810. The van der Waals surface area contributed by atoms with Gasteiger partial charge >= 0.3 is 0 Å². The molecule has 1 aliphatic carbocycles. The lowest BCUT2D eigenvalue weighted by atomic mass is 10.2. The molecule has 1 atom stereocenters. The number of ether oxygens (including phenoxy) is 2. The predicted octanol–water partition coefficient (Wildman–Crippen LogP) is 4.08. The summed E-state index contributed by atoms with van der Waals surface area (Å²) in [6.07, 6.45) is 2.67. The van der Waals surface area contributed by atoms with Gasteiger partial charge in [0.1, 0.15) is 5.82 Å². The van der Waals surface area contributed by atoms with E-state index in [4.69, 9.17) is 9.47 Å². The molecule has 1 fully saturated rings. The van der Waals surface area contributed by atoms with Gasteiger partial charge in [0.25, 0.3) is 0 Å². The van der Waals surface area contributed by atoms with Crippen LogP contribution in [0.25, 0.3) is 0 Å². The monoisotopic (exact) mass is 399 g/mol. The van der Waals surface area contributed by atoms with E-state index in [0.717, 1.165) is 47.8 Å². The summed E-state index contributed by atoms with van der Waals surface area (Å²) >= 11 is 0. The molecule has 29 heavy (non-hydrogen) atoms. The molecule has 1 aliphatic rings. The summed E-state index contributed by atoms with van der Waals surface area (Å²) in [5, 5.41) is 6.31. The SMILES string of the molecule is CCN(C[C@@H](C)COc1cc(Nc2nc(C)cc(NC)n2)ccc1OC)C1CC1. The van der Waals surface area contributed by atoms with E-state index >= 15 is 0 Å². The minimum absolute atomic E-state index is 0.440. The Labute approximate surface area is 173 Å². The van der Waals surface area contributed by atoms with Crippen molar-refractivity contribution < 1.29 is 9.47 Å². The number of nitrogens with one attached hydrogen (secondary N) is 2. The highest BCUT2D eigenvalue weighted by atomic mass is 16.5. The van der Waals surface area contributed by atoms with E-state index < -0.39 is 0 Å². The van der Waals surface area contributed by atoms with E-state index in [1.807, 2.05) is 38.2 Å². The van der Waals surface area contributed by atoms with Crippen molar-refractivity contribution in [2.45, 2.75) is 39.7 Å². The Hall–Kier alpha value is -2.54. The van der Waals surface area contributed by atoms with E-state index in [1.54, 1.807) is 7.11 Å². The first-order chi connectivity index (χ1) is 14.0. The molecule has 0 unspecified atom stereocenters. The Morgan fingerprint density at radius 1 is 1.21 bits per heavy atom. The summed E-state index contributed by atoms with van der Waals surface area (Å²) in [5.41, 5.74) is 1.75. The second-order valence-corrected chi connectivity index (χ2v) is 7.69. The number of aryl methyl sites for hydroxylation is 1. The molecular formula is C22H33N5O2. The van der Waals surface area contributed by atoms with Crippen LogP contribution in [0.15, 0.2) is 24.3 Å². The minimum atomic E-state index is 0.440. The third-order valence-corrected chi connectivity index (χ3v) is 5.07. The van der Waals surface area contributed by atoms with E-state index in [0.29, 0.717) is 18.5 Å². The van der Waals surface area contributed by atoms with Gasteiger partial charge in [-0.05, 0) is 38.4 Å². The van der Waals surface area contributed by atoms with E-state index in [1.165, 1.54) is 12.8 Å². The molecule has 2 N–H and O–H groups in total. The van der Waals surface area contributed by atoms with E-state index in [-0.39, 0.29) is 0 Å². The van der Waals surface area contributed by atoms with Gasteiger partial charge in [-0.3, -0.25) is 0 Å². The van der Waals surface area contributed by atoms with Gasteiger partial charge in [0.15, 0.2) is 11.5 Å². The van der Waals surface area contributed by atoms with Gasteiger partial charge in [-0.25, -0.2) is 4.98 Å². The van der Waals surface area contributed by atoms with Gasteiger partial charge in [-0.2, -0.15) is 4.98 Å². The number of rotatable bonds is 11. The van der Waals surface area contributed by atoms with Crippen LogP contribution in [0.4, 0.5) is 17.5 Å². The second-order valence-electron chi connectivity index (χ2n) is 7.69. The van der Waals surface area contributed by atoms with Crippen molar-refractivity contribution in [2.75, 3.05) is 44.5 Å². The first-order valence-electron chi connectivity index (χ1n) is 10.4. The first kappa shape index (κ1) is 21.2. The van der Waals surface area contributed by atoms with Crippen LogP contribution in [-0.2, 0) is 0 Å². The summed E-state index contributed by atoms with van der Waals surface area (Å²) in [4.78, 5) is 11.4. The van der Waals surface area contributed by atoms with Crippen molar-refractivity contribution in [1.29, 1.82) is 0 Å². The number of hydrogen-bond donors (Lipinski definition) is 2. The van der Waals surface area contributed by atoms with Crippen molar-refractivity contribution >= 4 is 17.5 Å². The summed E-state index contributed by atoms with van der Waals surface area (Å²) in [6.45, 7) is 9.22. The predicted molar refractivity (Wildman–Crippen MR) is 118 cm³/mol. The van der Waals surface area contributed by atoms with Crippen LogP contribution in [0.2, 0.25) is 0 Å². The topological polar surface area (TPSA) is 71.5 Å². The molecule has 0 bridgehead atoms. The van der Waals surface area contributed by atoms with Crippen LogP contribution in [0.5, 0.6) is 11.5 Å². The lowest BCUT2D eigenvalue weighted by Gasteiger charge is -2.24. The molecule has 1 heterocycles. The summed E-state index contributed by atoms with van der Waals surface area (Å²) < 4.78 is 11.6. The van der Waals surface area contributed by atoms with Gasteiger partial charge in [-0.15, -0.1) is 0 Å². The van der Waals surface area contributed by atoms with Crippen LogP contribution in [0.3, 0.4) is 0 Å². The Morgan fingerprint density at radius 3 is 2.66 bits per heavy atom. The van der Waals surface area contributed by atoms with Crippen molar-refractivity contribution in [1.82, 2.24) is 14.9 Å². The third-order valence-electron chi connectivity index (χ3n) is 5.07. The summed E-state index contributed by atoms with van der Waals surface area (Å²) in [6, 6.07) is 8.46. The van der Waals surface area contributed by atoms with Crippen molar-refractivity contribution in [3.8, 4) is 11.5 Å². The van der Waals surface area contributed by atoms with E-state index in [9.17, 15) is 0 Å². The number of methoxy groups -OCH3 is 1. The van der Waals surface area contributed by atoms with Crippen molar-refractivity contribution in [2.24, 2.45) is 5.92 Å². The molecule has 3 rings (SSSR count). The normalized spacial score (nSPS) is 14.6. The lowest BCUT2D eigenvalue weighted by molar-refractivity contribution is 0.181. The number of nitrogens with zero attached hydrogens (tertiary/aromatic N) is 3. The van der Waals surface area contributed by atoms with Gasteiger partial charge < -0.3 is 25.0 Å². The van der Waals surface area contributed by atoms with Crippen LogP contribution >= 0.6 is 0 Å². The molecule has 7 heteroatoms. The fraction of sp³-hybridized carbons (Fsp3) is 0.545. The molecule has 0 saturated heterocycles. The number of benzene rings is 1. The molecule has 158 valence electrons. The first-order valence-corrected chi connectivity index (χ1v) is 10.4. The number of hydrogen-bond acceptors (Lipinski definition) is 7. The highest BCUT2D eigenvalue weighted by molar-refractivity contribution is 5.60. The highest BCUT2D eigenvalue weighted by Gasteiger charge is 2.28. The maximum Gasteiger partial charge on any atom is 0.229 e. The zero-order chi connectivity index (χ0) is 20.8. The second kappa shape index (κ2) is 9.78. The smallest absolute Gasteiger partial charge is 0.229 e. The number of aromatic nitrogens is 2. The Kier molecular flexibility index (Phi) is 7.14. The molecule has 0 spiro atoms. The standard InChI is InChI=1S/C22H33N5O2/c1-6-27(18-8-9-18)13-15(2)14-29-20-12-17(7-10-19(20)28-5)25-22-24-16(3)11-21(23-4)26-22/h7,10-12,15,18H,6,8-9,13-14H2,1-5H3,(H2,23,24,25,26)/t15-/m1/s1. The fourth-order valence-electron chi connectivity index (χ4n) is 3.41. The zero-order valence-electron chi connectivity index (χ0n) is 18.2. The molecule has 1 aromatic carbocycles. The van der Waals surface area contributed by atoms with Crippen LogP contribution in [-0.4, -0.2) is 54.8 Å². The lowest BCUT2D eigenvalue weighted by Crippen LogP contribution is -2.32. The largest absolute Gasteiger partial charge is 0.493 e. The van der Waals surface area contributed by atoms with Crippen LogP contribution < -0.4 is 20.1 Å². The van der Waals surface area contributed by atoms with Crippen LogP contribution in [0, 0.1) is 12.8 Å². The number of anilines is 3. The molecule has 0 amide bonds. The van der Waals surface area contributed by atoms with E-state index in [2.05, 4.69) is 39.3 Å². The maximum atomic E-state index is 6.14. The Balaban J connectivity index is 1.66. The van der Waals surface area contributed by atoms with Gasteiger partial charge in [0.2, 0.25) is 5.95 Å². The van der Waals surface area contributed by atoms with Crippen molar-refractivity contribution in [3.63, 3.8) is 0 Å².